The van der Waals surface area contributed by atoms with Crippen molar-refractivity contribution >= 4 is 11.6 Å². The molecule has 24 heavy (non-hydrogen) atoms. The number of nitrogens with one attached hydrogen (secondary N) is 2. The van der Waals surface area contributed by atoms with E-state index < -0.39 is 5.82 Å². The van der Waals surface area contributed by atoms with Gasteiger partial charge < -0.3 is 21.2 Å². The first-order valence-corrected chi connectivity index (χ1v) is 7.68. The number of nitrogens with two attached hydrogens (primary N) is 1. The molecule has 0 aliphatic rings. The third-order valence-electron chi connectivity index (χ3n) is 3.67. The molecule has 7 heteroatoms. The fourth-order valence-electron chi connectivity index (χ4n) is 2.51. The van der Waals surface area contributed by atoms with Gasteiger partial charge in [0, 0.05) is 16.8 Å². The Morgan fingerprint density at radius 2 is 2.21 bits per heavy atom. The van der Waals surface area contributed by atoms with E-state index in [1.165, 1.54) is 18.2 Å². The highest BCUT2D eigenvalue weighted by Gasteiger charge is 2.22. The predicted molar refractivity (Wildman–Crippen MR) is 90.6 cm³/mol. The summed E-state index contributed by atoms with van der Waals surface area (Å²) in [5.74, 6) is -0.530. The van der Waals surface area contributed by atoms with Crippen LogP contribution in [-0.2, 0) is 6.42 Å². The van der Waals surface area contributed by atoms with Crippen LogP contribution in [-0.4, -0.2) is 34.9 Å². The molecule has 0 radical (unpaired) electrons. The number of hydrogen-bond donors (Lipinski definition) is 4. The van der Waals surface area contributed by atoms with E-state index in [0.717, 1.165) is 5.69 Å². The number of hydrogen-bond acceptors (Lipinski definition) is 4. The van der Waals surface area contributed by atoms with E-state index in [-0.39, 0.29) is 30.3 Å². The maximum absolute atomic E-state index is 13.4. The average molecular weight is 332 g/mol. The van der Waals surface area contributed by atoms with Crippen molar-refractivity contribution in [3.05, 3.63) is 58.2 Å². The first-order chi connectivity index (χ1) is 11.5. The quantitative estimate of drug-likeness (QED) is 0.203. The lowest BCUT2D eigenvalue weighted by molar-refractivity contribution is 0.103. The van der Waals surface area contributed by atoms with Gasteiger partial charge in [0.25, 0.3) is 0 Å². The van der Waals surface area contributed by atoms with Crippen molar-refractivity contribution in [3.63, 3.8) is 0 Å². The summed E-state index contributed by atoms with van der Waals surface area (Å²) in [7, 11) is 0. The van der Waals surface area contributed by atoms with Crippen LogP contribution >= 0.6 is 0 Å². The maximum atomic E-state index is 13.4. The van der Waals surface area contributed by atoms with Gasteiger partial charge in [-0.3, -0.25) is 4.79 Å². The summed E-state index contributed by atoms with van der Waals surface area (Å²) in [5, 5.41) is 12.7. The van der Waals surface area contributed by atoms with E-state index in [1.807, 2.05) is 6.92 Å². The Hall–Kier alpha value is -2.67. The molecule has 1 heterocycles. The lowest BCUT2D eigenvalue weighted by atomic mass is 9.98. The second-order valence-corrected chi connectivity index (χ2v) is 5.30. The highest BCUT2D eigenvalue weighted by Crippen LogP contribution is 2.23. The maximum Gasteiger partial charge on any atom is 0.195 e. The molecule has 0 saturated carbocycles. The fraction of sp³-hybridized carbons (Fsp3) is 0.294. The molecule has 0 amide bonds. The van der Waals surface area contributed by atoms with Crippen LogP contribution in [0, 0.1) is 12.7 Å². The van der Waals surface area contributed by atoms with Crippen LogP contribution in [0.25, 0.3) is 0 Å². The fourth-order valence-corrected chi connectivity index (χ4v) is 2.51. The molecule has 2 aromatic rings. The van der Waals surface area contributed by atoms with Gasteiger partial charge >= 0.3 is 0 Å². The Balaban J connectivity index is 2.43. The van der Waals surface area contributed by atoms with Crippen LogP contribution in [0.5, 0.6) is 0 Å². The smallest absolute Gasteiger partial charge is 0.195 e. The van der Waals surface area contributed by atoms with Gasteiger partial charge in [0.1, 0.15) is 5.82 Å². The Bertz CT molecular complexity index is 768. The summed E-state index contributed by atoms with van der Waals surface area (Å²) in [6.45, 7) is 3.89. The molecule has 0 fully saturated rings. The molecule has 0 atom stereocenters. The van der Waals surface area contributed by atoms with Crippen LogP contribution in [0.2, 0.25) is 0 Å². The van der Waals surface area contributed by atoms with Gasteiger partial charge in [0.05, 0.1) is 18.8 Å². The molecule has 0 spiro atoms. The summed E-state index contributed by atoms with van der Waals surface area (Å²) >= 11 is 0. The number of hydrazone groups is 1. The highest BCUT2D eigenvalue weighted by atomic mass is 19.1. The molecule has 128 valence electrons. The van der Waals surface area contributed by atoms with Gasteiger partial charge in [-0.05, 0) is 31.0 Å². The van der Waals surface area contributed by atoms with Gasteiger partial charge in [-0.15, -0.1) is 0 Å². The number of aliphatic hydroxyl groups excluding tert-OH is 1. The van der Waals surface area contributed by atoms with Gasteiger partial charge in [-0.25, -0.2) is 4.39 Å². The minimum absolute atomic E-state index is 0.0655. The Morgan fingerprint density at radius 3 is 2.83 bits per heavy atom. The second-order valence-electron chi connectivity index (χ2n) is 5.30. The molecule has 2 rings (SSSR count). The highest BCUT2D eigenvalue weighted by molar-refractivity contribution is 6.12. The van der Waals surface area contributed by atoms with Crippen LogP contribution < -0.4 is 11.2 Å². The SMILES string of the molecule is CCc1[nH]c(/C(N)=N/NCCO)c(C)c1C(=O)c1cccc(F)c1. The van der Waals surface area contributed by atoms with Gasteiger partial charge in [0.2, 0.25) is 0 Å². The van der Waals surface area contributed by atoms with Crippen molar-refractivity contribution < 1.29 is 14.3 Å². The van der Waals surface area contributed by atoms with Gasteiger partial charge in [-0.2, -0.15) is 5.10 Å². The van der Waals surface area contributed by atoms with E-state index in [4.69, 9.17) is 10.8 Å². The van der Waals surface area contributed by atoms with E-state index >= 15 is 0 Å². The Kier molecular flexibility index (Phi) is 5.70. The molecule has 1 aromatic heterocycles. The number of carbonyl (C=O) groups excluding carboxylic acids is 1. The van der Waals surface area contributed by atoms with Gasteiger partial charge in [0.15, 0.2) is 11.6 Å². The molecule has 0 bridgehead atoms. The van der Waals surface area contributed by atoms with Crippen LogP contribution in [0.15, 0.2) is 29.4 Å². The molecular formula is C17H21FN4O2. The van der Waals surface area contributed by atoms with E-state index in [2.05, 4.69) is 15.5 Å². The summed E-state index contributed by atoms with van der Waals surface area (Å²) in [4.78, 5) is 15.9. The van der Waals surface area contributed by atoms with Crippen LogP contribution in [0.4, 0.5) is 4.39 Å². The summed E-state index contributed by atoms with van der Waals surface area (Å²) < 4.78 is 13.4. The van der Waals surface area contributed by atoms with Crippen LogP contribution in [0.1, 0.15) is 39.8 Å². The number of amidine groups is 1. The Morgan fingerprint density at radius 1 is 1.46 bits per heavy atom. The number of halogens is 1. The number of rotatable bonds is 7. The van der Waals surface area contributed by atoms with E-state index in [1.54, 1.807) is 13.0 Å². The number of aromatic amines is 1. The molecule has 0 aliphatic carbocycles. The van der Waals surface area contributed by atoms with Gasteiger partial charge in [-0.1, -0.05) is 19.1 Å². The van der Waals surface area contributed by atoms with Crippen molar-refractivity contribution in [1.82, 2.24) is 10.4 Å². The molecule has 5 N–H and O–H groups in total. The summed E-state index contributed by atoms with van der Waals surface area (Å²) in [6, 6.07) is 5.60. The number of aromatic nitrogens is 1. The topological polar surface area (TPSA) is 104 Å². The van der Waals surface area contributed by atoms with E-state index in [9.17, 15) is 9.18 Å². The predicted octanol–water partition coefficient (Wildman–Crippen LogP) is 1.46. The number of ketones is 1. The second kappa shape index (κ2) is 7.74. The minimum atomic E-state index is -0.457. The van der Waals surface area contributed by atoms with Crippen molar-refractivity contribution in [2.24, 2.45) is 10.8 Å². The third-order valence-corrected chi connectivity index (χ3v) is 3.67. The van der Waals surface area contributed by atoms with E-state index in [0.29, 0.717) is 23.2 Å². The van der Waals surface area contributed by atoms with Crippen molar-refractivity contribution in [2.75, 3.05) is 13.2 Å². The first-order valence-electron chi connectivity index (χ1n) is 7.68. The number of H-pyrrole nitrogens is 1. The molecule has 0 aliphatic heterocycles. The monoisotopic (exact) mass is 332 g/mol. The Labute approximate surface area is 139 Å². The number of nitrogens with zero attached hydrogens (tertiary/aromatic N) is 1. The van der Waals surface area contributed by atoms with Crippen molar-refractivity contribution in [1.29, 1.82) is 0 Å². The third kappa shape index (κ3) is 3.62. The summed E-state index contributed by atoms with van der Waals surface area (Å²) in [6.07, 6.45) is 0.592. The first kappa shape index (κ1) is 17.7. The molecule has 6 nitrogen and oxygen atoms in total. The van der Waals surface area contributed by atoms with Crippen LogP contribution in [0.3, 0.4) is 0 Å². The molecule has 0 unspecified atom stereocenters. The minimum Gasteiger partial charge on any atom is -0.394 e. The summed E-state index contributed by atoms with van der Waals surface area (Å²) in [5.41, 5.74) is 11.3. The average Bonchev–Trinajstić information content (AvgIpc) is 2.91. The normalized spacial score (nSPS) is 11.6. The van der Waals surface area contributed by atoms with Crippen molar-refractivity contribution in [2.45, 2.75) is 20.3 Å². The molecule has 0 saturated heterocycles. The number of aryl methyl sites for hydroxylation is 1. The zero-order valence-electron chi connectivity index (χ0n) is 13.7. The number of aliphatic hydroxyl groups is 1. The zero-order chi connectivity index (χ0) is 17.7. The largest absolute Gasteiger partial charge is 0.394 e. The lowest BCUT2D eigenvalue weighted by Gasteiger charge is -2.04. The zero-order valence-corrected chi connectivity index (χ0v) is 13.7. The number of carbonyl (C=O) groups is 1. The molecule has 1 aromatic carbocycles. The lowest BCUT2D eigenvalue weighted by Crippen LogP contribution is -2.22. The number of benzene rings is 1. The molecular weight excluding hydrogens is 311 g/mol. The van der Waals surface area contributed by atoms with Crippen molar-refractivity contribution in [3.8, 4) is 0 Å². The standard InChI is InChI=1S/C17H21FN4O2/c1-3-13-14(16(24)11-5-4-6-12(18)9-11)10(2)15(21-13)17(19)22-20-7-8-23/h4-6,9,20-21,23H,3,7-8H2,1-2H3,(H2,19,22).